The van der Waals surface area contributed by atoms with Crippen molar-refractivity contribution >= 4 is 23.7 Å². The maximum Gasteiger partial charge on any atom is 0.306 e. The van der Waals surface area contributed by atoms with E-state index in [0.29, 0.717) is 23.3 Å². The first-order valence-corrected chi connectivity index (χ1v) is 14.8. The molecule has 5 heteroatoms. The van der Waals surface area contributed by atoms with Crippen LogP contribution in [0.2, 0.25) is 0 Å². The van der Waals surface area contributed by atoms with Gasteiger partial charge in [0.25, 0.3) is 0 Å². The van der Waals surface area contributed by atoms with Crippen molar-refractivity contribution in [2.24, 2.45) is 0 Å². The third-order valence-corrected chi connectivity index (χ3v) is 7.41. The van der Waals surface area contributed by atoms with Crippen LogP contribution in [-0.2, 0) is 19.1 Å². The molecule has 0 aromatic carbocycles. The lowest BCUT2D eigenvalue weighted by Gasteiger charge is -2.24. The highest BCUT2D eigenvalue weighted by Gasteiger charge is 2.18. The van der Waals surface area contributed by atoms with Crippen molar-refractivity contribution in [3.8, 4) is 0 Å². The van der Waals surface area contributed by atoms with Gasteiger partial charge in [-0.3, -0.25) is 9.59 Å². The van der Waals surface area contributed by atoms with Gasteiger partial charge in [-0.15, -0.1) is 0 Å². The molecule has 196 valence electrons. The predicted octanol–water partition coefficient (Wildman–Crippen LogP) is 8.64. The van der Waals surface area contributed by atoms with Crippen LogP contribution in [0.1, 0.15) is 144 Å². The van der Waals surface area contributed by atoms with Crippen LogP contribution in [0.3, 0.4) is 0 Å². The van der Waals surface area contributed by atoms with E-state index in [4.69, 9.17) is 9.47 Å². The number of hydrogen-bond donors (Lipinski definition) is 0. The van der Waals surface area contributed by atoms with Crippen LogP contribution in [0.15, 0.2) is 0 Å². The number of rotatable bonds is 22. The summed E-state index contributed by atoms with van der Waals surface area (Å²) < 4.78 is 10.5. The van der Waals surface area contributed by atoms with E-state index in [0.717, 1.165) is 25.7 Å². The molecule has 0 aliphatic carbocycles. The van der Waals surface area contributed by atoms with Crippen LogP contribution in [-0.4, -0.2) is 34.6 Å². The Balaban J connectivity index is 4.61. The first kappa shape index (κ1) is 32.3. The van der Waals surface area contributed by atoms with Gasteiger partial charge in [-0.2, -0.15) is 11.8 Å². The monoisotopic (exact) mass is 486 g/mol. The standard InChI is InChI=1S/C28H54O4S/c1-7-9-11-17-25(19-13-15-21-27(29)31-23(3)4)33-26(18-12-10-8-2)20-14-16-22-28(30)32-24(5)6/h23-26H,7-22H2,1-6H3. The Kier molecular flexibility index (Phi) is 21.3. The fourth-order valence-electron chi connectivity index (χ4n) is 4.00. The minimum Gasteiger partial charge on any atom is -0.463 e. The summed E-state index contributed by atoms with van der Waals surface area (Å²) in [6.45, 7) is 12.2. The minimum absolute atomic E-state index is 0.0223. The lowest BCUT2D eigenvalue weighted by Crippen LogP contribution is -2.14. The fraction of sp³-hybridized carbons (Fsp3) is 0.929. The molecule has 0 fully saturated rings. The number of esters is 2. The zero-order valence-electron chi connectivity index (χ0n) is 22.7. The first-order valence-electron chi connectivity index (χ1n) is 13.8. The number of hydrogen-bond acceptors (Lipinski definition) is 5. The molecule has 0 saturated heterocycles. The Morgan fingerprint density at radius 2 is 0.909 bits per heavy atom. The van der Waals surface area contributed by atoms with Crippen molar-refractivity contribution in [2.45, 2.75) is 167 Å². The molecule has 0 radical (unpaired) electrons. The lowest BCUT2D eigenvalue weighted by molar-refractivity contribution is -0.148. The molecule has 0 aromatic rings. The molecule has 2 atom stereocenters. The van der Waals surface area contributed by atoms with Crippen LogP contribution < -0.4 is 0 Å². The largest absolute Gasteiger partial charge is 0.463 e. The molecule has 0 N–H and O–H groups in total. The maximum absolute atomic E-state index is 11.8. The van der Waals surface area contributed by atoms with Crippen molar-refractivity contribution in [3.05, 3.63) is 0 Å². The topological polar surface area (TPSA) is 52.6 Å². The number of thioether (sulfide) groups is 1. The average Bonchev–Trinajstić information content (AvgIpc) is 2.73. The zero-order chi connectivity index (χ0) is 24.9. The van der Waals surface area contributed by atoms with Gasteiger partial charge < -0.3 is 9.47 Å². The average molecular weight is 487 g/mol. The summed E-state index contributed by atoms with van der Waals surface area (Å²) in [7, 11) is 0. The molecule has 0 heterocycles. The van der Waals surface area contributed by atoms with Gasteiger partial charge in [-0.1, -0.05) is 65.2 Å². The summed E-state index contributed by atoms with van der Waals surface area (Å²) in [5.41, 5.74) is 0. The number of unbranched alkanes of at least 4 members (excludes halogenated alkanes) is 6. The Morgan fingerprint density at radius 1 is 0.576 bits per heavy atom. The Hall–Kier alpha value is -0.710. The van der Waals surface area contributed by atoms with E-state index < -0.39 is 0 Å². The Morgan fingerprint density at radius 3 is 1.21 bits per heavy atom. The van der Waals surface area contributed by atoms with E-state index in [1.807, 2.05) is 27.7 Å². The maximum atomic E-state index is 11.8. The second-order valence-electron chi connectivity index (χ2n) is 9.94. The number of ether oxygens (including phenoxy) is 2. The van der Waals surface area contributed by atoms with Crippen molar-refractivity contribution in [3.63, 3.8) is 0 Å². The minimum atomic E-state index is -0.0615. The van der Waals surface area contributed by atoms with Crippen LogP contribution in [0.25, 0.3) is 0 Å². The van der Waals surface area contributed by atoms with E-state index in [2.05, 4.69) is 25.6 Å². The third kappa shape index (κ3) is 21.6. The van der Waals surface area contributed by atoms with Gasteiger partial charge in [0, 0.05) is 23.3 Å². The van der Waals surface area contributed by atoms with E-state index >= 15 is 0 Å². The predicted molar refractivity (Wildman–Crippen MR) is 143 cm³/mol. The normalized spacial score (nSPS) is 13.3. The van der Waals surface area contributed by atoms with E-state index in [9.17, 15) is 9.59 Å². The Bertz CT molecular complexity index is 437. The summed E-state index contributed by atoms with van der Waals surface area (Å²) in [4.78, 5) is 23.7. The summed E-state index contributed by atoms with van der Waals surface area (Å²) in [6, 6.07) is 0. The van der Waals surface area contributed by atoms with E-state index in [1.165, 1.54) is 64.2 Å². The van der Waals surface area contributed by atoms with E-state index in [1.54, 1.807) is 0 Å². The van der Waals surface area contributed by atoms with Crippen molar-refractivity contribution < 1.29 is 19.1 Å². The van der Waals surface area contributed by atoms with Gasteiger partial charge in [-0.25, -0.2) is 0 Å². The molecule has 0 bridgehead atoms. The van der Waals surface area contributed by atoms with Gasteiger partial charge in [0.05, 0.1) is 12.2 Å². The van der Waals surface area contributed by atoms with Gasteiger partial charge in [-0.05, 0) is 66.2 Å². The lowest BCUT2D eigenvalue weighted by atomic mass is 10.1. The summed E-state index contributed by atoms with van der Waals surface area (Å²) in [5, 5.41) is 1.35. The van der Waals surface area contributed by atoms with Crippen LogP contribution in [0.4, 0.5) is 0 Å². The second-order valence-corrected chi connectivity index (χ2v) is 11.5. The molecule has 33 heavy (non-hydrogen) atoms. The number of carbonyl (C=O) groups excluding carboxylic acids is 2. The molecular formula is C28H54O4S. The van der Waals surface area contributed by atoms with Crippen molar-refractivity contribution in [1.29, 1.82) is 0 Å². The third-order valence-electron chi connectivity index (χ3n) is 5.69. The quantitative estimate of drug-likeness (QED) is 0.113. The van der Waals surface area contributed by atoms with E-state index in [-0.39, 0.29) is 24.1 Å². The van der Waals surface area contributed by atoms with Crippen LogP contribution >= 0.6 is 11.8 Å². The zero-order valence-corrected chi connectivity index (χ0v) is 23.5. The molecule has 0 spiro atoms. The number of carbonyl (C=O) groups is 2. The first-order chi connectivity index (χ1) is 15.8. The summed E-state index contributed by atoms with van der Waals surface area (Å²) >= 11 is 2.20. The smallest absolute Gasteiger partial charge is 0.306 e. The summed E-state index contributed by atoms with van der Waals surface area (Å²) in [5.74, 6) is -0.123. The van der Waals surface area contributed by atoms with Crippen LogP contribution in [0.5, 0.6) is 0 Å². The second kappa shape index (κ2) is 21.8. The molecule has 0 aliphatic rings. The van der Waals surface area contributed by atoms with Gasteiger partial charge in [0.15, 0.2) is 0 Å². The highest BCUT2D eigenvalue weighted by Crippen LogP contribution is 2.33. The highest BCUT2D eigenvalue weighted by atomic mass is 32.2. The molecule has 0 saturated carbocycles. The van der Waals surface area contributed by atoms with Gasteiger partial charge in [0.2, 0.25) is 0 Å². The fourth-order valence-corrected chi connectivity index (χ4v) is 5.76. The molecule has 0 aliphatic heterocycles. The molecule has 0 rings (SSSR count). The van der Waals surface area contributed by atoms with Crippen molar-refractivity contribution in [1.82, 2.24) is 0 Å². The molecule has 0 aromatic heterocycles. The Labute approximate surface area is 209 Å². The highest BCUT2D eigenvalue weighted by molar-refractivity contribution is 8.00. The van der Waals surface area contributed by atoms with Crippen LogP contribution in [0, 0.1) is 0 Å². The molecule has 4 nitrogen and oxygen atoms in total. The van der Waals surface area contributed by atoms with Crippen molar-refractivity contribution in [2.75, 3.05) is 0 Å². The molecule has 2 unspecified atom stereocenters. The summed E-state index contributed by atoms with van der Waals surface area (Å²) in [6.07, 6.45) is 17.7. The molecular weight excluding hydrogens is 432 g/mol. The molecule has 0 amide bonds. The van der Waals surface area contributed by atoms with Gasteiger partial charge >= 0.3 is 11.9 Å². The van der Waals surface area contributed by atoms with Gasteiger partial charge in [0.1, 0.15) is 0 Å². The SMILES string of the molecule is CCCCCC(CCCCC(=O)OC(C)C)SC(CCCCC)CCCCC(=O)OC(C)C.